The van der Waals surface area contributed by atoms with E-state index in [1.165, 1.54) is 23.2 Å². The molecular weight excluding hydrogens is 715 g/mol. The van der Waals surface area contributed by atoms with Crippen molar-refractivity contribution in [3.05, 3.63) is 82.5 Å². The smallest absolute Gasteiger partial charge is 0.416 e. The number of anilines is 2. The van der Waals surface area contributed by atoms with E-state index in [-0.39, 0.29) is 54.8 Å². The first-order chi connectivity index (χ1) is 24.3. The van der Waals surface area contributed by atoms with Gasteiger partial charge >= 0.3 is 30.6 Å². The second kappa shape index (κ2) is 16.0. The molecule has 0 saturated carbocycles. The molecule has 52 heavy (non-hydrogen) atoms. The van der Waals surface area contributed by atoms with Gasteiger partial charge in [0.1, 0.15) is 18.2 Å². The van der Waals surface area contributed by atoms with E-state index in [9.17, 15) is 49.1 Å². The molecule has 1 aromatic heterocycles. The summed E-state index contributed by atoms with van der Waals surface area (Å²) >= 11 is 0. The number of fused-ring (bicyclic) bond motifs is 1. The summed E-state index contributed by atoms with van der Waals surface area (Å²) in [6, 6.07) is 6.02. The van der Waals surface area contributed by atoms with Crippen LogP contribution < -0.4 is 14.5 Å². The molecule has 2 heterocycles. The number of carbonyl (C=O) groups excluding carboxylic acids is 1. The Morgan fingerprint density at radius 1 is 0.942 bits per heavy atom. The summed E-state index contributed by atoms with van der Waals surface area (Å²) in [6.45, 7) is 0.494. The normalized spacial score (nSPS) is 16.1. The number of unbranched alkanes of at least 4 members (excludes halogenated alkanes) is 1. The number of carboxylic acids is 1. The first-order valence-corrected chi connectivity index (χ1v) is 15.7. The lowest BCUT2D eigenvalue weighted by Crippen LogP contribution is -2.48. The van der Waals surface area contributed by atoms with Crippen LogP contribution in [-0.2, 0) is 34.6 Å². The van der Waals surface area contributed by atoms with Crippen LogP contribution in [0.25, 0.3) is 0 Å². The van der Waals surface area contributed by atoms with E-state index < -0.39 is 84.5 Å². The summed E-state index contributed by atoms with van der Waals surface area (Å²) in [6.07, 6.45) is -15.2. The third-order valence-corrected chi connectivity index (χ3v) is 8.14. The van der Waals surface area contributed by atoms with Gasteiger partial charge in [-0.25, -0.2) is 9.78 Å². The Hall–Kier alpha value is -5.21. The Morgan fingerprint density at radius 3 is 2.13 bits per heavy atom. The second-order valence-electron chi connectivity index (χ2n) is 11.7. The molecule has 2 aromatic carbocycles. The largest absolute Gasteiger partial charge is 0.492 e. The minimum absolute atomic E-state index is 0.0446. The summed E-state index contributed by atoms with van der Waals surface area (Å²) in [4.78, 5) is 30.9. The van der Waals surface area contributed by atoms with Gasteiger partial charge in [-0.2, -0.15) is 44.8 Å². The van der Waals surface area contributed by atoms with Gasteiger partial charge in [-0.1, -0.05) is 6.92 Å². The van der Waals surface area contributed by atoms with Crippen molar-refractivity contribution in [2.45, 2.75) is 76.2 Å². The molecule has 0 unspecified atom stereocenters. The lowest BCUT2D eigenvalue weighted by Gasteiger charge is -2.44. The lowest BCUT2D eigenvalue weighted by molar-refractivity contribution is -0.143. The van der Waals surface area contributed by atoms with Crippen molar-refractivity contribution in [3.63, 3.8) is 0 Å². The number of amides is 1. The molecule has 9 nitrogen and oxygen atoms in total. The molecule has 280 valence electrons. The number of pyridine rings is 1. The number of ether oxygens (including phenoxy) is 2. The molecule has 1 aliphatic heterocycles. The number of hydrogen-bond acceptors (Lipinski definition) is 7. The van der Waals surface area contributed by atoms with Gasteiger partial charge in [-0.3, -0.25) is 9.69 Å². The number of nitrogens with zero attached hydrogens (tertiary/aromatic N) is 4. The number of benzene rings is 2. The van der Waals surface area contributed by atoms with Crippen molar-refractivity contribution >= 4 is 23.6 Å². The summed E-state index contributed by atoms with van der Waals surface area (Å²) in [7, 11) is 0. The van der Waals surface area contributed by atoms with Crippen LogP contribution in [0.3, 0.4) is 0 Å². The van der Waals surface area contributed by atoms with E-state index in [4.69, 9.17) is 19.8 Å². The van der Waals surface area contributed by atoms with Crippen LogP contribution >= 0.6 is 0 Å². The van der Waals surface area contributed by atoms with Crippen LogP contribution in [0.2, 0.25) is 0 Å². The lowest BCUT2D eigenvalue weighted by atomic mass is 9.87. The number of aliphatic carboxylic acids is 1. The molecule has 0 fully saturated rings. The maximum Gasteiger partial charge on any atom is 0.416 e. The molecule has 2 atom stereocenters. The van der Waals surface area contributed by atoms with Gasteiger partial charge in [0.05, 0.1) is 53.7 Å². The standard InChI is InChI=1S/C34H31F9N4O5/c1-2-24-17-28(26-16-21(32(35,36)37)5-7-27(26)47(24)31(50)52-12-9-30(48)49)46(29-8-6-25(18-45-29)51-11-4-3-10-44)19-20-13-22(33(38,39)40)15-23(14-20)34(41,42)43/h5-8,13-16,18,24,28H,2-4,9,11-12,17,19H2,1H3,(H,48,49)/t24-,28+/m1/s1. The van der Waals surface area contributed by atoms with Gasteiger partial charge in [0.25, 0.3) is 0 Å². The number of aromatic nitrogens is 1. The van der Waals surface area contributed by atoms with Crippen molar-refractivity contribution in [3.8, 4) is 11.8 Å². The fourth-order valence-corrected chi connectivity index (χ4v) is 5.72. The Morgan fingerprint density at radius 2 is 1.60 bits per heavy atom. The van der Waals surface area contributed by atoms with E-state index in [0.717, 1.165) is 17.0 Å². The molecule has 3 aromatic rings. The van der Waals surface area contributed by atoms with Gasteiger partial charge in [-0.15, -0.1) is 0 Å². The Bertz CT molecular complexity index is 1740. The zero-order valence-corrected chi connectivity index (χ0v) is 27.3. The summed E-state index contributed by atoms with van der Waals surface area (Å²) < 4.78 is 136. The Labute approximate surface area is 291 Å². The van der Waals surface area contributed by atoms with Gasteiger partial charge < -0.3 is 19.5 Å². The average molecular weight is 747 g/mol. The number of carboxylic acid groups (broad SMARTS) is 1. The van der Waals surface area contributed by atoms with Crippen molar-refractivity contribution in [1.29, 1.82) is 5.26 Å². The number of halogens is 9. The van der Waals surface area contributed by atoms with Crippen molar-refractivity contribution in [2.24, 2.45) is 0 Å². The predicted octanol–water partition coefficient (Wildman–Crippen LogP) is 9.17. The summed E-state index contributed by atoms with van der Waals surface area (Å²) in [5.41, 5.74) is -5.11. The van der Waals surface area contributed by atoms with Crippen molar-refractivity contribution in [2.75, 3.05) is 23.0 Å². The van der Waals surface area contributed by atoms with Crippen molar-refractivity contribution in [1.82, 2.24) is 4.98 Å². The van der Waals surface area contributed by atoms with E-state index in [1.54, 1.807) is 6.92 Å². The van der Waals surface area contributed by atoms with Crippen LogP contribution in [-0.4, -0.2) is 41.4 Å². The van der Waals surface area contributed by atoms with E-state index >= 15 is 0 Å². The van der Waals surface area contributed by atoms with Crippen LogP contribution in [0, 0.1) is 11.3 Å². The quantitative estimate of drug-likeness (QED) is 0.144. The molecule has 0 bridgehead atoms. The van der Waals surface area contributed by atoms with Gasteiger partial charge in [0, 0.05) is 19.0 Å². The molecule has 0 aliphatic carbocycles. The highest BCUT2D eigenvalue weighted by molar-refractivity contribution is 5.90. The maximum atomic E-state index is 14.1. The van der Waals surface area contributed by atoms with Crippen LogP contribution in [0.15, 0.2) is 54.7 Å². The molecule has 4 rings (SSSR count). The highest BCUT2D eigenvalue weighted by Gasteiger charge is 2.42. The first-order valence-electron chi connectivity index (χ1n) is 15.7. The fraction of sp³-hybridized carbons (Fsp3) is 0.412. The number of carbonyl (C=O) groups is 2. The van der Waals surface area contributed by atoms with Crippen LogP contribution in [0.1, 0.15) is 72.9 Å². The summed E-state index contributed by atoms with van der Waals surface area (Å²) in [5.74, 6) is -1.14. The molecule has 1 N–H and O–H groups in total. The topological polar surface area (TPSA) is 116 Å². The van der Waals surface area contributed by atoms with E-state index in [2.05, 4.69) is 4.98 Å². The Kier molecular flexibility index (Phi) is 12.2. The van der Waals surface area contributed by atoms with E-state index in [1.807, 2.05) is 6.07 Å². The third-order valence-electron chi connectivity index (χ3n) is 8.14. The van der Waals surface area contributed by atoms with Crippen molar-refractivity contribution < 1.29 is 63.7 Å². The van der Waals surface area contributed by atoms with Crippen LogP contribution in [0.4, 0.5) is 55.8 Å². The molecule has 0 saturated heterocycles. The zero-order chi connectivity index (χ0) is 38.4. The molecule has 1 amide bonds. The zero-order valence-electron chi connectivity index (χ0n) is 27.3. The predicted molar refractivity (Wildman–Crippen MR) is 166 cm³/mol. The highest BCUT2D eigenvalue weighted by Crippen LogP contribution is 2.46. The molecule has 0 spiro atoms. The number of hydrogen-bond donors (Lipinski definition) is 1. The Balaban J connectivity index is 1.90. The SMILES string of the molecule is CC[C@@H]1C[C@H](N(Cc2cc(C(F)(F)F)cc(C(F)(F)F)c2)c2ccc(OCCCC#N)cn2)c2cc(C(F)(F)F)ccc2N1C(=O)OCCC(=O)O. The summed E-state index contributed by atoms with van der Waals surface area (Å²) in [5, 5.41) is 17.7. The third kappa shape index (κ3) is 9.76. The van der Waals surface area contributed by atoms with Gasteiger partial charge in [-0.05, 0) is 78.9 Å². The van der Waals surface area contributed by atoms with Gasteiger partial charge in [0.2, 0.25) is 0 Å². The first kappa shape index (κ1) is 39.6. The number of nitriles is 1. The average Bonchev–Trinajstić information content (AvgIpc) is 3.07. The minimum atomic E-state index is -5.18. The number of alkyl halides is 9. The maximum absolute atomic E-state index is 14.1. The molecular formula is C34H31F9N4O5. The monoisotopic (exact) mass is 746 g/mol. The highest BCUT2D eigenvalue weighted by atomic mass is 19.4. The molecule has 0 radical (unpaired) electrons. The fourth-order valence-electron chi connectivity index (χ4n) is 5.72. The molecule has 1 aliphatic rings. The molecule has 18 heteroatoms. The van der Waals surface area contributed by atoms with E-state index in [0.29, 0.717) is 24.6 Å². The number of rotatable bonds is 12. The second-order valence-corrected chi connectivity index (χ2v) is 11.7. The van der Waals surface area contributed by atoms with Crippen LogP contribution in [0.5, 0.6) is 5.75 Å². The van der Waals surface area contributed by atoms with Gasteiger partial charge in [0.15, 0.2) is 0 Å². The minimum Gasteiger partial charge on any atom is -0.492 e.